The molecule has 0 aliphatic carbocycles. The molecule has 0 aliphatic rings. The van der Waals surface area contributed by atoms with Crippen LogP contribution in [0.1, 0.15) is 28.8 Å². The number of furan rings is 1. The van der Waals surface area contributed by atoms with Gasteiger partial charge in [-0.3, -0.25) is 4.79 Å². The van der Waals surface area contributed by atoms with Crippen LogP contribution in [0.3, 0.4) is 0 Å². The molecule has 0 fully saturated rings. The lowest BCUT2D eigenvalue weighted by Crippen LogP contribution is -2.33. The zero-order valence-electron chi connectivity index (χ0n) is 11.2. The van der Waals surface area contributed by atoms with Crippen LogP contribution in [0, 0.1) is 5.82 Å². The van der Waals surface area contributed by atoms with E-state index in [9.17, 15) is 9.18 Å². The fourth-order valence-corrected chi connectivity index (χ4v) is 1.93. The molecule has 2 aromatic rings. The van der Waals surface area contributed by atoms with E-state index in [-0.39, 0.29) is 30.1 Å². The van der Waals surface area contributed by atoms with Gasteiger partial charge in [0.15, 0.2) is 5.76 Å². The smallest absolute Gasteiger partial charge is 0.287 e. The van der Waals surface area contributed by atoms with E-state index in [0.29, 0.717) is 12.2 Å². The normalized spacial score (nSPS) is 12.2. The quantitative estimate of drug-likeness (QED) is 0.880. The number of hydrogen-bond donors (Lipinski definition) is 2. The zero-order chi connectivity index (χ0) is 14.5. The Morgan fingerprint density at radius 3 is 2.60 bits per heavy atom. The average Bonchev–Trinajstić information content (AvgIpc) is 2.90. The highest BCUT2D eigenvalue weighted by Gasteiger charge is 2.13. The van der Waals surface area contributed by atoms with Crippen molar-refractivity contribution in [2.75, 3.05) is 0 Å². The standard InChI is InChI=1S/C15H17FN2O2/c1-10(8-11-2-4-12(16)5-3-11)18-15(19)14-7-6-13(9-17)20-14/h2-7,10H,8-9,17H2,1H3,(H,18,19). The van der Waals surface area contributed by atoms with Crippen LogP contribution in [0.5, 0.6) is 0 Å². The number of carbonyl (C=O) groups excluding carboxylic acids is 1. The van der Waals surface area contributed by atoms with Crippen molar-refractivity contribution in [1.29, 1.82) is 0 Å². The zero-order valence-corrected chi connectivity index (χ0v) is 11.2. The van der Waals surface area contributed by atoms with Crippen LogP contribution >= 0.6 is 0 Å². The van der Waals surface area contributed by atoms with E-state index < -0.39 is 0 Å². The highest BCUT2D eigenvalue weighted by Crippen LogP contribution is 2.09. The first kappa shape index (κ1) is 14.3. The molecule has 1 aromatic carbocycles. The molecular formula is C15H17FN2O2. The molecule has 0 bridgehead atoms. The number of halogens is 1. The van der Waals surface area contributed by atoms with E-state index in [1.54, 1.807) is 24.3 Å². The summed E-state index contributed by atoms with van der Waals surface area (Å²) in [5.41, 5.74) is 6.38. The fourth-order valence-electron chi connectivity index (χ4n) is 1.93. The van der Waals surface area contributed by atoms with Crippen molar-refractivity contribution < 1.29 is 13.6 Å². The third-order valence-electron chi connectivity index (χ3n) is 2.92. The van der Waals surface area contributed by atoms with Crippen molar-refractivity contribution >= 4 is 5.91 Å². The largest absolute Gasteiger partial charge is 0.455 e. The van der Waals surface area contributed by atoms with Gasteiger partial charge < -0.3 is 15.5 Å². The van der Waals surface area contributed by atoms with Crippen molar-refractivity contribution in [3.8, 4) is 0 Å². The van der Waals surface area contributed by atoms with Crippen LogP contribution < -0.4 is 11.1 Å². The molecule has 1 atom stereocenters. The van der Waals surface area contributed by atoms with Gasteiger partial charge in [0.25, 0.3) is 5.91 Å². The minimum atomic E-state index is -0.278. The maximum atomic E-state index is 12.8. The van der Waals surface area contributed by atoms with Gasteiger partial charge in [-0.2, -0.15) is 0 Å². The summed E-state index contributed by atoms with van der Waals surface area (Å²) in [4.78, 5) is 11.9. The molecule has 1 unspecified atom stereocenters. The first-order valence-corrected chi connectivity index (χ1v) is 6.42. The summed E-state index contributed by atoms with van der Waals surface area (Å²) < 4.78 is 18.1. The number of amides is 1. The molecular weight excluding hydrogens is 259 g/mol. The van der Waals surface area contributed by atoms with Gasteiger partial charge in [-0.25, -0.2) is 4.39 Å². The predicted octanol–water partition coefficient (Wildman–Crippen LogP) is 2.24. The Morgan fingerprint density at radius 2 is 2.00 bits per heavy atom. The van der Waals surface area contributed by atoms with Gasteiger partial charge in [-0.1, -0.05) is 12.1 Å². The van der Waals surface area contributed by atoms with E-state index in [1.807, 2.05) is 6.92 Å². The third-order valence-corrected chi connectivity index (χ3v) is 2.92. The van der Waals surface area contributed by atoms with Crippen LogP contribution in [-0.4, -0.2) is 11.9 Å². The fraction of sp³-hybridized carbons (Fsp3) is 0.267. The van der Waals surface area contributed by atoms with E-state index in [0.717, 1.165) is 5.56 Å². The minimum absolute atomic E-state index is 0.0839. The summed E-state index contributed by atoms with van der Waals surface area (Å²) in [6.07, 6.45) is 0.622. The molecule has 0 saturated carbocycles. The van der Waals surface area contributed by atoms with E-state index in [1.165, 1.54) is 12.1 Å². The summed E-state index contributed by atoms with van der Waals surface area (Å²) in [5, 5.41) is 2.83. The Hall–Kier alpha value is -2.14. The third kappa shape index (κ3) is 3.68. The Morgan fingerprint density at radius 1 is 1.30 bits per heavy atom. The molecule has 0 aliphatic heterocycles. The molecule has 2 rings (SSSR count). The molecule has 4 nitrogen and oxygen atoms in total. The summed E-state index contributed by atoms with van der Waals surface area (Å²) >= 11 is 0. The van der Waals surface area contributed by atoms with Crippen molar-refractivity contribution in [2.45, 2.75) is 25.9 Å². The number of nitrogens with one attached hydrogen (secondary N) is 1. The number of rotatable bonds is 5. The van der Waals surface area contributed by atoms with Gasteiger partial charge in [-0.15, -0.1) is 0 Å². The molecule has 1 amide bonds. The van der Waals surface area contributed by atoms with Crippen LogP contribution in [0.15, 0.2) is 40.8 Å². The van der Waals surface area contributed by atoms with E-state index in [4.69, 9.17) is 10.2 Å². The Bertz CT molecular complexity index is 578. The second-order valence-electron chi connectivity index (χ2n) is 4.68. The lowest BCUT2D eigenvalue weighted by Gasteiger charge is -2.13. The number of nitrogens with two attached hydrogens (primary N) is 1. The van der Waals surface area contributed by atoms with Crippen LogP contribution in [-0.2, 0) is 13.0 Å². The Balaban J connectivity index is 1.92. The van der Waals surface area contributed by atoms with Crippen molar-refractivity contribution in [1.82, 2.24) is 5.32 Å². The highest BCUT2D eigenvalue weighted by atomic mass is 19.1. The van der Waals surface area contributed by atoms with Gasteiger partial charge >= 0.3 is 0 Å². The second-order valence-corrected chi connectivity index (χ2v) is 4.68. The van der Waals surface area contributed by atoms with Crippen LogP contribution in [0.2, 0.25) is 0 Å². The maximum absolute atomic E-state index is 12.8. The van der Waals surface area contributed by atoms with Crippen LogP contribution in [0.4, 0.5) is 4.39 Å². The second kappa shape index (κ2) is 6.34. The Kier molecular flexibility index (Phi) is 4.53. The number of benzene rings is 1. The molecule has 1 aromatic heterocycles. The summed E-state index contributed by atoms with van der Waals surface area (Å²) in [6.45, 7) is 2.15. The molecule has 0 spiro atoms. The lowest BCUT2D eigenvalue weighted by atomic mass is 10.1. The molecule has 20 heavy (non-hydrogen) atoms. The first-order valence-electron chi connectivity index (χ1n) is 6.42. The van der Waals surface area contributed by atoms with E-state index in [2.05, 4.69) is 5.32 Å². The maximum Gasteiger partial charge on any atom is 0.287 e. The number of hydrogen-bond acceptors (Lipinski definition) is 3. The molecule has 3 N–H and O–H groups in total. The predicted molar refractivity (Wildman–Crippen MR) is 73.6 cm³/mol. The first-order chi connectivity index (χ1) is 9.58. The molecule has 1 heterocycles. The van der Waals surface area contributed by atoms with Gasteiger partial charge in [0, 0.05) is 6.04 Å². The van der Waals surface area contributed by atoms with E-state index >= 15 is 0 Å². The Labute approximate surface area is 116 Å². The molecule has 0 radical (unpaired) electrons. The molecule has 5 heteroatoms. The monoisotopic (exact) mass is 276 g/mol. The minimum Gasteiger partial charge on any atom is -0.455 e. The van der Waals surface area contributed by atoms with Crippen molar-refractivity contribution in [3.05, 3.63) is 59.3 Å². The number of carbonyl (C=O) groups is 1. The highest BCUT2D eigenvalue weighted by molar-refractivity contribution is 5.91. The lowest BCUT2D eigenvalue weighted by molar-refractivity contribution is 0.0910. The molecule has 106 valence electrons. The van der Waals surface area contributed by atoms with Gasteiger partial charge in [0.1, 0.15) is 11.6 Å². The SMILES string of the molecule is CC(Cc1ccc(F)cc1)NC(=O)c1ccc(CN)o1. The van der Waals surface area contributed by atoms with Gasteiger partial charge in [0.2, 0.25) is 0 Å². The summed E-state index contributed by atoms with van der Waals surface area (Å²) in [5.74, 6) is 0.271. The van der Waals surface area contributed by atoms with Crippen molar-refractivity contribution in [2.24, 2.45) is 5.73 Å². The molecule has 0 saturated heterocycles. The van der Waals surface area contributed by atoms with Crippen LogP contribution in [0.25, 0.3) is 0 Å². The summed E-state index contributed by atoms with van der Waals surface area (Å²) in [6, 6.07) is 9.42. The van der Waals surface area contributed by atoms with Crippen molar-refractivity contribution in [3.63, 3.8) is 0 Å². The average molecular weight is 276 g/mol. The van der Waals surface area contributed by atoms with Gasteiger partial charge in [0.05, 0.1) is 6.54 Å². The van der Waals surface area contributed by atoms with Gasteiger partial charge in [-0.05, 0) is 43.2 Å². The summed E-state index contributed by atoms with van der Waals surface area (Å²) in [7, 11) is 0. The topological polar surface area (TPSA) is 68.3 Å².